The van der Waals surface area contributed by atoms with Gasteiger partial charge in [0.2, 0.25) is 0 Å². The number of benzene rings is 3. The van der Waals surface area contributed by atoms with Crippen LogP contribution < -0.4 is 5.32 Å². The number of aromatic amines is 1. The predicted molar refractivity (Wildman–Crippen MR) is 166 cm³/mol. The number of hydrogen-bond acceptors (Lipinski definition) is 4. The Balaban J connectivity index is 1.31. The van der Waals surface area contributed by atoms with Gasteiger partial charge in [-0.3, -0.25) is 4.98 Å². The quantitative estimate of drug-likeness (QED) is 0.153. The van der Waals surface area contributed by atoms with Gasteiger partial charge in [0, 0.05) is 46.8 Å². The molecule has 3 aromatic heterocycles. The molecule has 8 rings (SSSR count). The summed E-state index contributed by atoms with van der Waals surface area (Å²) in [4.78, 5) is 14.5. The van der Waals surface area contributed by atoms with Crippen LogP contribution >= 0.6 is 32.1 Å². The first-order chi connectivity index (χ1) is 18.0. The fraction of sp³-hybridized carbons (Fsp3) is 0.194. The summed E-state index contributed by atoms with van der Waals surface area (Å²) in [6, 6.07) is 18.2. The molecule has 1 aliphatic heterocycles. The van der Waals surface area contributed by atoms with Crippen molar-refractivity contribution in [1.29, 1.82) is 0 Å². The van der Waals surface area contributed by atoms with E-state index in [-0.39, 0.29) is 20.7 Å². The number of imidazole rings is 1. The van der Waals surface area contributed by atoms with Crippen LogP contribution in [0.1, 0.15) is 30.9 Å². The molecule has 0 radical (unpaired) electrons. The van der Waals surface area contributed by atoms with Crippen molar-refractivity contribution in [1.82, 2.24) is 15.0 Å². The van der Waals surface area contributed by atoms with E-state index in [1.807, 2.05) is 24.5 Å². The Labute approximate surface area is 228 Å². The van der Waals surface area contributed by atoms with Crippen molar-refractivity contribution in [2.75, 3.05) is 5.32 Å². The van der Waals surface area contributed by atoms with Gasteiger partial charge >= 0.3 is 0 Å². The molecule has 3 aromatic carbocycles. The molecule has 1 aliphatic carbocycles. The van der Waals surface area contributed by atoms with Crippen LogP contribution in [0, 0.1) is 16.4 Å². The number of thiophene rings is 1. The summed E-state index contributed by atoms with van der Waals surface area (Å²) >= 11 is 1.73. The van der Waals surface area contributed by atoms with Crippen LogP contribution in [0.25, 0.3) is 53.5 Å². The van der Waals surface area contributed by atoms with Gasteiger partial charge in [0.15, 0.2) is 0 Å². The molecule has 0 bridgehead atoms. The van der Waals surface area contributed by atoms with Crippen LogP contribution in [0.2, 0.25) is 0 Å². The van der Waals surface area contributed by atoms with Crippen molar-refractivity contribution in [2.45, 2.75) is 33.6 Å². The monoisotopic (exact) mass is 612 g/mol. The molecule has 4 heterocycles. The average Bonchev–Trinajstić information content (AvgIpc) is 3.64. The van der Waals surface area contributed by atoms with Crippen molar-refractivity contribution in [2.24, 2.45) is 5.92 Å². The Morgan fingerprint density at radius 2 is 1.92 bits per heavy atom. The lowest BCUT2D eigenvalue weighted by atomic mass is 9.91. The lowest BCUT2D eigenvalue weighted by Crippen LogP contribution is -2.13. The second-order valence-corrected chi connectivity index (χ2v) is 14.2. The van der Waals surface area contributed by atoms with Gasteiger partial charge in [-0.1, -0.05) is 64.9 Å². The van der Waals surface area contributed by atoms with E-state index in [4.69, 9.17) is 9.97 Å². The Morgan fingerprint density at radius 1 is 1.00 bits per heavy atom. The molecule has 0 spiro atoms. The van der Waals surface area contributed by atoms with Crippen LogP contribution in [0.5, 0.6) is 0 Å². The van der Waals surface area contributed by atoms with Crippen molar-refractivity contribution >= 4 is 73.1 Å². The molecule has 0 atom stereocenters. The molecule has 182 valence electrons. The molecule has 0 saturated carbocycles. The number of halogens is 1. The standard InChI is InChI=1S/C31H25IN4S/c1-15(2)31-32-26-22-5-4-12-33-27(22)23-13-17(6-8-20(23)29(26)36-31)25-14-18-7-9-19-21(30(18)37-25)10-11-24-28(19)35-16(3)34-24/h4-9,12-15,36H,10-11H2,1-3H3,(H,34,35). The van der Waals surface area contributed by atoms with Gasteiger partial charge < -0.3 is 10.3 Å². The molecule has 0 fully saturated rings. The van der Waals surface area contributed by atoms with Crippen molar-refractivity contribution in [3.63, 3.8) is 0 Å². The summed E-state index contributed by atoms with van der Waals surface area (Å²) in [5.41, 5.74) is 8.86. The van der Waals surface area contributed by atoms with Gasteiger partial charge in [0.25, 0.3) is 0 Å². The molecular formula is C31H25IN4S. The molecule has 0 amide bonds. The Morgan fingerprint density at radius 3 is 2.81 bits per heavy atom. The normalized spacial score (nSPS) is 14.4. The second kappa shape index (κ2) is 7.95. The Kier molecular flexibility index (Phi) is 4.71. The number of anilines is 1. The summed E-state index contributed by atoms with van der Waals surface area (Å²) in [6.45, 7) is 6.64. The number of pyridine rings is 1. The average molecular weight is 613 g/mol. The minimum absolute atomic E-state index is 0.190. The van der Waals surface area contributed by atoms with Gasteiger partial charge in [-0.25, -0.2) is 4.98 Å². The van der Waals surface area contributed by atoms with E-state index in [9.17, 15) is 0 Å². The predicted octanol–water partition coefficient (Wildman–Crippen LogP) is 8.42. The lowest BCUT2D eigenvalue weighted by molar-refractivity contribution is 0.900. The number of nitrogens with one attached hydrogen (secondary N) is 2. The van der Waals surface area contributed by atoms with E-state index in [1.54, 1.807) is 0 Å². The first-order valence-corrected chi connectivity index (χ1v) is 15.8. The zero-order valence-corrected chi connectivity index (χ0v) is 23.8. The highest BCUT2D eigenvalue weighted by atomic mass is 127. The molecule has 0 unspecified atom stereocenters. The van der Waals surface area contributed by atoms with Crippen LogP contribution in [0.15, 0.2) is 54.7 Å². The fourth-order valence-corrected chi connectivity index (χ4v) is 10.1. The Bertz CT molecular complexity index is 1960. The van der Waals surface area contributed by atoms with Crippen molar-refractivity contribution in [3.05, 3.63) is 75.4 Å². The van der Waals surface area contributed by atoms with Crippen molar-refractivity contribution < 1.29 is 0 Å². The molecule has 6 aromatic rings. The summed E-state index contributed by atoms with van der Waals surface area (Å²) in [5, 5.41) is 9.00. The third-order valence-electron chi connectivity index (χ3n) is 7.61. The van der Waals surface area contributed by atoms with Crippen LogP contribution in [-0.4, -0.2) is 18.6 Å². The van der Waals surface area contributed by atoms with Gasteiger partial charge in [0.1, 0.15) is 5.82 Å². The number of H-pyrrole nitrogens is 1. The van der Waals surface area contributed by atoms with E-state index in [0.29, 0.717) is 5.92 Å². The smallest absolute Gasteiger partial charge is 0.103 e. The first-order valence-electron chi connectivity index (χ1n) is 12.8. The molecule has 0 saturated heterocycles. The molecule has 2 aliphatic rings. The maximum Gasteiger partial charge on any atom is 0.103 e. The Hall–Kier alpha value is -3.10. The molecular weight excluding hydrogens is 587 g/mol. The summed E-state index contributed by atoms with van der Waals surface area (Å²) in [6.07, 6.45) is 4.02. The zero-order valence-electron chi connectivity index (χ0n) is 20.9. The molecule has 2 N–H and O–H groups in total. The minimum Gasteiger partial charge on any atom is -0.353 e. The maximum atomic E-state index is 4.89. The zero-order chi connectivity index (χ0) is 24.8. The van der Waals surface area contributed by atoms with Crippen molar-refractivity contribution in [3.8, 4) is 21.7 Å². The number of hydrogen-bond donors (Lipinski definition) is 2. The van der Waals surface area contributed by atoms with Crippen LogP contribution in [-0.2, 0) is 12.8 Å². The molecule has 37 heavy (non-hydrogen) atoms. The molecule has 4 nitrogen and oxygen atoms in total. The lowest BCUT2D eigenvalue weighted by Gasteiger charge is -2.15. The number of rotatable bonds is 2. The van der Waals surface area contributed by atoms with Gasteiger partial charge in [0.05, 0.1) is 20.5 Å². The SMILES string of the molecule is Cc1nc2c([nH]1)CCc1c-2ccc2cc(-c3ccc4c5c(c6cccnc6c4c3)I=C(C(C)C)N5)sc12. The number of aryl methyl sites for hydroxylation is 3. The fourth-order valence-electron chi connectivity index (χ4n) is 5.85. The maximum absolute atomic E-state index is 4.89. The van der Waals surface area contributed by atoms with Gasteiger partial charge in [-0.15, -0.1) is 11.3 Å². The van der Waals surface area contributed by atoms with E-state index in [1.165, 1.54) is 66.4 Å². The van der Waals surface area contributed by atoms with Crippen LogP contribution in [0.3, 0.4) is 0 Å². The van der Waals surface area contributed by atoms with E-state index in [0.717, 1.165) is 29.9 Å². The highest BCUT2D eigenvalue weighted by molar-refractivity contribution is 14.2. The van der Waals surface area contributed by atoms with E-state index >= 15 is 0 Å². The highest BCUT2D eigenvalue weighted by Crippen LogP contribution is 2.46. The summed E-state index contributed by atoms with van der Waals surface area (Å²) in [7, 11) is 0. The van der Waals surface area contributed by atoms with Crippen LogP contribution in [0.4, 0.5) is 5.69 Å². The number of fused-ring (bicyclic) bond motifs is 11. The summed E-state index contributed by atoms with van der Waals surface area (Å²) < 4.78 is 4.39. The third kappa shape index (κ3) is 3.21. The topological polar surface area (TPSA) is 53.6 Å². The van der Waals surface area contributed by atoms with E-state index in [2.05, 4.69) is 72.7 Å². The van der Waals surface area contributed by atoms with E-state index < -0.39 is 0 Å². The largest absolute Gasteiger partial charge is 0.353 e. The number of nitrogens with zero attached hydrogens (tertiary/aromatic N) is 2. The van der Waals surface area contributed by atoms with Gasteiger partial charge in [-0.2, -0.15) is 0 Å². The number of aromatic nitrogens is 3. The third-order valence-corrected chi connectivity index (χ3v) is 12.6. The summed E-state index contributed by atoms with van der Waals surface area (Å²) in [5.74, 6) is 1.55. The molecule has 6 heteroatoms. The van der Waals surface area contributed by atoms with Gasteiger partial charge in [-0.05, 0) is 60.4 Å². The minimum atomic E-state index is -0.190. The highest BCUT2D eigenvalue weighted by Gasteiger charge is 2.24. The second-order valence-electron chi connectivity index (χ2n) is 10.3. The first kappa shape index (κ1) is 21.9.